The van der Waals surface area contributed by atoms with E-state index in [1.165, 1.54) is 6.92 Å². The van der Waals surface area contributed by atoms with E-state index < -0.39 is 6.10 Å². The number of carbonyl (C=O) groups excluding carboxylic acids is 2. The molecule has 6 heteroatoms. The zero-order chi connectivity index (χ0) is 18.2. The highest BCUT2D eigenvalue weighted by molar-refractivity contribution is 5.94. The first-order valence-corrected chi connectivity index (χ1v) is 8.79. The molecule has 0 bridgehead atoms. The molecule has 2 rings (SSSR count). The van der Waals surface area contributed by atoms with Crippen LogP contribution in [0.1, 0.15) is 30.6 Å². The average molecular weight is 348 g/mol. The summed E-state index contributed by atoms with van der Waals surface area (Å²) in [5.74, 6) is 0.514. The topological polar surface area (TPSA) is 59.1 Å². The lowest BCUT2D eigenvalue weighted by Gasteiger charge is -2.25. The van der Waals surface area contributed by atoms with Gasteiger partial charge in [0.25, 0.3) is 5.91 Å². The van der Waals surface area contributed by atoms with E-state index in [0.29, 0.717) is 24.5 Å². The van der Waals surface area contributed by atoms with Crippen LogP contribution in [0.15, 0.2) is 24.3 Å². The quantitative estimate of drug-likeness (QED) is 0.704. The molecule has 1 saturated heterocycles. The number of nitrogens with zero attached hydrogens (tertiary/aromatic N) is 2. The number of benzene rings is 1. The summed E-state index contributed by atoms with van der Waals surface area (Å²) in [6, 6.07) is 6.96. The van der Waals surface area contributed by atoms with Gasteiger partial charge in [-0.1, -0.05) is 12.1 Å². The number of amides is 1. The van der Waals surface area contributed by atoms with Gasteiger partial charge in [-0.15, -0.1) is 0 Å². The molecule has 0 radical (unpaired) electrons. The van der Waals surface area contributed by atoms with Crippen molar-refractivity contribution in [2.75, 3.05) is 46.4 Å². The second-order valence-corrected chi connectivity index (χ2v) is 6.36. The van der Waals surface area contributed by atoms with Gasteiger partial charge in [-0.05, 0) is 38.9 Å². The van der Waals surface area contributed by atoms with E-state index in [1.807, 2.05) is 4.90 Å². The van der Waals surface area contributed by atoms with Gasteiger partial charge in [-0.3, -0.25) is 14.5 Å². The van der Waals surface area contributed by atoms with E-state index in [-0.39, 0.29) is 11.7 Å². The zero-order valence-corrected chi connectivity index (χ0v) is 15.4. The first-order chi connectivity index (χ1) is 12.0. The summed E-state index contributed by atoms with van der Waals surface area (Å²) in [5.41, 5.74) is 0.584. The third-order valence-electron chi connectivity index (χ3n) is 4.41. The van der Waals surface area contributed by atoms with Crippen LogP contribution >= 0.6 is 0 Å². The largest absolute Gasteiger partial charge is 0.481 e. The van der Waals surface area contributed by atoms with Crippen LogP contribution in [0.5, 0.6) is 5.75 Å². The van der Waals surface area contributed by atoms with Gasteiger partial charge < -0.3 is 14.4 Å². The second-order valence-electron chi connectivity index (χ2n) is 6.36. The van der Waals surface area contributed by atoms with Crippen molar-refractivity contribution >= 4 is 11.7 Å². The molecule has 1 fully saturated rings. The predicted octanol–water partition coefficient (Wildman–Crippen LogP) is 1.84. The minimum absolute atomic E-state index is 0.0122. The summed E-state index contributed by atoms with van der Waals surface area (Å²) in [6.45, 7) is 8.14. The summed E-state index contributed by atoms with van der Waals surface area (Å²) >= 11 is 0. The first-order valence-electron chi connectivity index (χ1n) is 8.79. The van der Waals surface area contributed by atoms with Crippen LogP contribution < -0.4 is 4.74 Å². The highest BCUT2D eigenvalue weighted by atomic mass is 16.5. The molecule has 1 aliphatic rings. The zero-order valence-electron chi connectivity index (χ0n) is 15.4. The molecule has 1 aliphatic heterocycles. The van der Waals surface area contributed by atoms with Crippen LogP contribution in [0.2, 0.25) is 0 Å². The first kappa shape index (κ1) is 19.4. The van der Waals surface area contributed by atoms with E-state index in [0.717, 1.165) is 32.6 Å². The van der Waals surface area contributed by atoms with E-state index in [9.17, 15) is 9.59 Å². The van der Waals surface area contributed by atoms with Crippen molar-refractivity contribution in [3.8, 4) is 5.75 Å². The van der Waals surface area contributed by atoms with Crippen molar-refractivity contribution in [3.05, 3.63) is 29.8 Å². The Morgan fingerprint density at radius 2 is 2.00 bits per heavy atom. The van der Waals surface area contributed by atoms with Crippen molar-refractivity contribution in [2.45, 2.75) is 26.4 Å². The Hall–Kier alpha value is -1.92. The maximum absolute atomic E-state index is 12.7. The van der Waals surface area contributed by atoms with Crippen LogP contribution in [0.25, 0.3) is 0 Å². The number of ketones is 1. The highest BCUT2D eigenvalue weighted by Crippen LogP contribution is 2.16. The molecular formula is C19H28N2O4. The van der Waals surface area contributed by atoms with Gasteiger partial charge in [-0.2, -0.15) is 0 Å². The van der Waals surface area contributed by atoms with Crippen molar-refractivity contribution in [1.29, 1.82) is 0 Å². The molecule has 25 heavy (non-hydrogen) atoms. The summed E-state index contributed by atoms with van der Waals surface area (Å²) in [7, 11) is 1.70. The van der Waals surface area contributed by atoms with E-state index >= 15 is 0 Å². The normalized spacial score (nSPS) is 17.0. The lowest BCUT2D eigenvalue weighted by atomic mass is 10.1. The number of hydrogen-bond acceptors (Lipinski definition) is 5. The van der Waals surface area contributed by atoms with Gasteiger partial charge in [0.15, 0.2) is 11.9 Å². The monoisotopic (exact) mass is 348 g/mol. The van der Waals surface area contributed by atoms with E-state index in [1.54, 1.807) is 38.3 Å². The SMILES string of the molecule is COCCN1CCCN(C(=O)C(C)Oc2cccc(C(C)=O)c2)CC1. The Labute approximate surface area is 149 Å². The maximum atomic E-state index is 12.7. The molecule has 1 aromatic rings. The van der Waals surface area contributed by atoms with Gasteiger partial charge in [0.2, 0.25) is 0 Å². The van der Waals surface area contributed by atoms with Crippen molar-refractivity contribution in [2.24, 2.45) is 0 Å². The number of methoxy groups -OCH3 is 1. The van der Waals surface area contributed by atoms with Crippen LogP contribution in [0, 0.1) is 0 Å². The number of hydrogen-bond donors (Lipinski definition) is 0. The van der Waals surface area contributed by atoms with Crippen molar-refractivity contribution in [3.63, 3.8) is 0 Å². The van der Waals surface area contributed by atoms with Gasteiger partial charge in [0.1, 0.15) is 5.75 Å². The standard InChI is InChI=1S/C19H28N2O4/c1-15(22)17-6-4-7-18(14-17)25-16(2)19(23)21-9-5-8-20(10-11-21)12-13-24-3/h4,6-7,14,16H,5,8-13H2,1-3H3. The molecule has 0 spiro atoms. The Balaban J connectivity index is 1.91. The summed E-state index contributed by atoms with van der Waals surface area (Å²) in [6.07, 6.45) is 0.370. The Kier molecular flexibility index (Phi) is 7.40. The molecule has 6 nitrogen and oxygen atoms in total. The van der Waals surface area contributed by atoms with Crippen molar-refractivity contribution < 1.29 is 19.1 Å². The molecule has 0 saturated carbocycles. The fourth-order valence-electron chi connectivity index (χ4n) is 2.94. The fourth-order valence-corrected chi connectivity index (χ4v) is 2.94. The smallest absolute Gasteiger partial charge is 0.263 e. The maximum Gasteiger partial charge on any atom is 0.263 e. The number of ether oxygens (including phenoxy) is 2. The molecule has 1 amide bonds. The Morgan fingerprint density at radius 3 is 2.72 bits per heavy atom. The molecule has 0 N–H and O–H groups in total. The van der Waals surface area contributed by atoms with Crippen molar-refractivity contribution in [1.82, 2.24) is 9.80 Å². The summed E-state index contributed by atoms with van der Waals surface area (Å²) < 4.78 is 10.9. The van der Waals surface area contributed by atoms with Crippen LogP contribution in [0.4, 0.5) is 0 Å². The van der Waals surface area contributed by atoms with Crippen LogP contribution in [-0.4, -0.2) is 74.0 Å². The minimum Gasteiger partial charge on any atom is -0.481 e. The average Bonchev–Trinajstić information content (AvgIpc) is 2.85. The van der Waals surface area contributed by atoms with Crippen LogP contribution in [0.3, 0.4) is 0 Å². The van der Waals surface area contributed by atoms with E-state index in [2.05, 4.69) is 4.90 Å². The Bertz CT molecular complexity index is 591. The van der Waals surface area contributed by atoms with Gasteiger partial charge >= 0.3 is 0 Å². The van der Waals surface area contributed by atoms with Gasteiger partial charge in [0, 0.05) is 38.9 Å². The fraction of sp³-hybridized carbons (Fsp3) is 0.579. The molecule has 138 valence electrons. The highest BCUT2D eigenvalue weighted by Gasteiger charge is 2.24. The molecular weight excluding hydrogens is 320 g/mol. The van der Waals surface area contributed by atoms with Gasteiger partial charge in [-0.25, -0.2) is 0 Å². The lowest BCUT2D eigenvalue weighted by molar-refractivity contribution is -0.137. The predicted molar refractivity (Wildman–Crippen MR) is 96.0 cm³/mol. The third kappa shape index (κ3) is 5.83. The molecule has 1 atom stereocenters. The van der Waals surface area contributed by atoms with E-state index in [4.69, 9.17) is 9.47 Å². The number of Topliss-reactive ketones (excluding diaryl/α,β-unsaturated/α-hetero) is 1. The molecule has 1 heterocycles. The lowest BCUT2D eigenvalue weighted by Crippen LogP contribution is -2.42. The third-order valence-corrected chi connectivity index (χ3v) is 4.41. The second kappa shape index (κ2) is 9.53. The molecule has 1 unspecified atom stereocenters. The summed E-state index contributed by atoms with van der Waals surface area (Å²) in [4.78, 5) is 28.3. The number of rotatable bonds is 7. The minimum atomic E-state index is -0.576. The Morgan fingerprint density at radius 1 is 1.20 bits per heavy atom. The van der Waals surface area contributed by atoms with Crippen LogP contribution in [-0.2, 0) is 9.53 Å². The number of carbonyl (C=O) groups is 2. The summed E-state index contributed by atoms with van der Waals surface area (Å²) in [5, 5.41) is 0. The van der Waals surface area contributed by atoms with Gasteiger partial charge in [0.05, 0.1) is 6.61 Å². The molecule has 1 aromatic carbocycles. The molecule has 0 aliphatic carbocycles. The molecule has 0 aromatic heterocycles.